The third-order valence-corrected chi connectivity index (χ3v) is 8.28. The number of nitrogens with one attached hydrogen (secondary N) is 4. The van der Waals surface area contributed by atoms with E-state index >= 15 is 0 Å². The van der Waals surface area contributed by atoms with Crippen LogP contribution in [0.15, 0.2) is 54.7 Å². The lowest BCUT2D eigenvalue weighted by molar-refractivity contribution is -0.119. The number of amides is 2. The van der Waals surface area contributed by atoms with Crippen molar-refractivity contribution in [3.05, 3.63) is 82.1 Å². The van der Waals surface area contributed by atoms with Crippen molar-refractivity contribution in [3.8, 4) is 34.3 Å². The van der Waals surface area contributed by atoms with Gasteiger partial charge in [0.2, 0.25) is 17.7 Å². The van der Waals surface area contributed by atoms with E-state index in [1.54, 1.807) is 37.6 Å². The Morgan fingerprint density at radius 3 is 2.47 bits per heavy atom. The number of anilines is 1. The van der Waals surface area contributed by atoms with Gasteiger partial charge in [0.05, 0.1) is 37.2 Å². The first kappa shape index (κ1) is 33.7. The molecular weight excluding hydrogens is 622 g/mol. The molecule has 2 amide bonds. The summed E-state index contributed by atoms with van der Waals surface area (Å²) >= 11 is 6.98. The van der Waals surface area contributed by atoms with Gasteiger partial charge in [-0.2, -0.15) is 0 Å². The maximum atomic E-state index is 13.2. The van der Waals surface area contributed by atoms with Crippen LogP contribution in [-0.4, -0.2) is 71.8 Å². The Balaban J connectivity index is 1.34. The highest BCUT2D eigenvalue weighted by Crippen LogP contribution is 2.38. The molecule has 4 heterocycles. The van der Waals surface area contributed by atoms with E-state index in [1.807, 2.05) is 31.2 Å². The topological polar surface area (TPSA) is 160 Å². The van der Waals surface area contributed by atoms with Gasteiger partial charge in [-0.1, -0.05) is 29.8 Å². The van der Waals surface area contributed by atoms with Crippen molar-refractivity contribution < 1.29 is 24.2 Å². The van der Waals surface area contributed by atoms with Crippen molar-refractivity contribution in [1.82, 2.24) is 30.9 Å². The van der Waals surface area contributed by atoms with Crippen molar-refractivity contribution in [2.45, 2.75) is 38.9 Å². The van der Waals surface area contributed by atoms with Gasteiger partial charge in [0.15, 0.2) is 0 Å². The number of rotatable bonds is 14. The standard InChI is InChI=1S/C34H38ClN7O5/c1-20-24(5-4-6-26(20)40-32(45)28-11-8-21(17-36-15-16-43)34(42-28)47-3)31-30(35)25(13-14-38-31)27-10-7-22(33(41-27)46-2)18-37-19-23-9-12-29(44)39-23/h4-8,10-11,13-14,23,36-37,43H,9,12,15-19H2,1-3H3,(H,39,44)(H,40,45). The zero-order valence-corrected chi connectivity index (χ0v) is 27.3. The highest BCUT2D eigenvalue weighted by Gasteiger charge is 2.21. The molecule has 246 valence electrons. The second-order valence-electron chi connectivity index (χ2n) is 11.0. The molecule has 1 fully saturated rings. The van der Waals surface area contributed by atoms with E-state index in [2.05, 4.69) is 31.2 Å². The number of ether oxygens (including phenoxy) is 2. The van der Waals surface area contributed by atoms with Crippen molar-refractivity contribution >= 4 is 29.1 Å². The number of methoxy groups -OCH3 is 2. The molecule has 12 nitrogen and oxygen atoms in total. The maximum Gasteiger partial charge on any atom is 0.274 e. The normalized spacial score (nSPS) is 14.1. The third kappa shape index (κ3) is 8.03. The largest absolute Gasteiger partial charge is 0.481 e. The van der Waals surface area contributed by atoms with Gasteiger partial charge in [-0.15, -0.1) is 0 Å². The lowest BCUT2D eigenvalue weighted by Crippen LogP contribution is -2.35. The molecule has 0 bridgehead atoms. The predicted octanol–water partition coefficient (Wildman–Crippen LogP) is 3.89. The summed E-state index contributed by atoms with van der Waals surface area (Å²) in [5.41, 5.74) is 5.80. The number of aliphatic hydroxyl groups excluding tert-OH is 1. The van der Waals surface area contributed by atoms with Crippen molar-refractivity contribution in [1.29, 1.82) is 0 Å². The van der Waals surface area contributed by atoms with Crippen LogP contribution in [-0.2, 0) is 17.9 Å². The molecule has 5 N–H and O–H groups in total. The molecular formula is C34H38ClN7O5. The fraction of sp³-hybridized carbons (Fsp3) is 0.324. The minimum Gasteiger partial charge on any atom is -0.481 e. The van der Waals surface area contributed by atoms with Gasteiger partial charge >= 0.3 is 0 Å². The average Bonchev–Trinajstić information content (AvgIpc) is 3.50. The van der Waals surface area contributed by atoms with Gasteiger partial charge in [0.1, 0.15) is 5.69 Å². The van der Waals surface area contributed by atoms with E-state index in [0.29, 0.717) is 72.0 Å². The quantitative estimate of drug-likeness (QED) is 0.126. The Morgan fingerprint density at radius 1 is 1.00 bits per heavy atom. The zero-order chi connectivity index (χ0) is 33.3. The Morgan fingerprint density at radius 2 is 1.74 bits per heavy atom. The Bertz CT molecular complexity index is 1750. The molecule has 1 aliphatic heterocycles. The van der Waals surface area contributed by atoms with Crippen molar-refractivity contribution in [2.75, 3.05) is 39.2 Å². The van der Waals surface area contributed by atoms with Crippen LogP contribution >= 0.6 is 11.6 Å². The second kappa shape index (κ2) is 15.8. The van der Waals surface area contributed by atoms with Crippen LogP contribution in [0.5, 0.6) is 11.8 Å². The minimum absolute atomic E-state index is 0.0150. The van der Waals surface area contributed by atoms with E-state index in [9.17, 15) is 9.59 Å². The first-order chi connectivity index (χ1) is 22.8. The van der Waals surface area contributed by atoms with Gasteiger partial charge in [-0.3, -0.25) is 14.6 Å². The molecule has 1 unspecified atom stereocenters. The first-order valence-corrected chi connectivity index (χ1v) is 15.7. The van der Waals surface area contributed by atoms with Gasteiger partial charge in [-0.25, -0.2) is 9.97 Å². The SMILES string of the molecule is COc1nc(C(=O)Nc2cccc(-c3nccc(-c4ccc(CNCC5CCC(=O)N5)c(OC)n4)c3Cl)c2C)ccc1CNCCO. The number of halogens is 1. The molecule has 0 spiro atoms. The molecule has 0 saturated carbocycles. The Kier molecular flexibility index (Phi) is 11.3. The fourth-order valence-corrected chi connectivity index (χ4v) is 5.70. The van der Waals surface area contributed by atoms with Crippen LogP contribution in [0.3, 0.4) is 0 Å². The first-order valence-electron chi connectivity index (χ1n) is 15.3. The number of benzene rings is 1. The summed E-state index contributed by atoms with van der Waals surface area (Å²) in [7, 11) is 3.07. The summed E-state index contributed by atoms with van der Waals surface area (Å²) in [6.45, 7) is 3.97. The van der Waals surface area contributed by atoms with Crippen LogP contribution in [0, 0.1) is 6.92 Å². The van der Waals surface area contributed by atoms with Crippen LogP contribution < -0.4 is 30.7 Å². The van der Waals surface area contributed by atoms with Crippen molar-refractivity contribution in [2.24, 2.45) is 0 Å². The lowest BCUT2D eigenvalue weighted by atomic mass is 10.0. The van der Waals surface area contributed by atoms with Crippen LogP contribution in [0.4, 0.5) is 5.69 Å². The van der Waals surface area contributed by atoms with E-state index < -0.39 is 5.91 Å². The number of nitrogens with zero attached hydrogens (tertiary/aromatic N) is 3. The second-order valence-corrected chi connectivity index (χ2v) is 11.4. The van der Waals surface area contributed by atoms with E-state index in [-0.39, 0.29) is 24.2 Å². The minimum atomic E-state index is -0.398. The third-order valence-electron chi connectivity index (χ3n) is 7.89. The molecule has 13 heteroatoms. The molecule has 1 atom stereocenters. The maximum absolute atomic E-state index is 13.2. The molecule has 5 rings (SSSR count). The Hall–Kier alpha value is -4.62. The summed E-state index contributed by atoms with van der Waals surface area (Å²) in [6, 6.07) is 14.7. The van der Waals surface area contributed by atoms with E-state index in [0.717, 1.165) is 28.7 Å². The number of hydrogen-bond donors (Lipinski definition) is 5. The van der Waals surface area contributed by atoms with Gasteiger partial charge in [-0.05, 0) is 49.2 Å². The number of pyridine rings is 3. The Labute approximate surface area is 278 Å². The van der Waals surface area contributed by atoms with Crippen LogP contribution in [0.25, 0.3) is 22.5 Å². The van der Waals surface area contributed by atoms with Gasteiger partial charge in [0, 0.05) is 72.8 Å². The molecule has 0 radical (unpaired) electrons. The highest BCUT2D eigenvalue weighted by atomic mass is 35.5. The van der Waals surface area contributed by atoms with Crippen LogP contribution in [0.2, 0.25) is 5.02 Å². The molecule has 1 aromatic carbocycles. The average molecular weight is 660 g/mol. The number of carbonyl (C=O) groups excluding carboxylic acids is 2. The molecule has 3 aromatic heterocycles. The number of aliphatic hydroxyl groups is 1. The summed E-state index contributed by atoms with van der Waals surface area (Å²) in [5, 5.41) is 21.8. The van der Waals surface area contributed by atoms with E-state index in [1.165, 1.54) is 7.11 Å². The van der Waals surface area contributed by atoms with Gasteiger partial charge in [0.25, 0.3) is 5.91 Å². The molecule has 4 aromatic rings. The summed E-state index contributed by atoms with van der Waals surface area (Å²) in [4.78, 5) is 38.4. The number of carbonyl (C=O) groups is 2. The fourth-order valence-electron chi connectivity index (χ4n) is 5.39. The van der Waals surface area contributed by atoms with Crippen LogP contribution in [0.1, 0.15) is 40.0 Å². The van der Waals surface area contributed by atoms with Gasteiger partial charge < -0.3 is 35.8 Å². The van der Waals surface area contributed by atoms with E-state index in [4.69, 9.17) is 31.2 Å². The molecule has 47 heavy (non-hydrogen) atoms. The highest BCUT2D eigenvalue weighted by molar-refractivity contribution is 6.35. The summed E-state index contributed by atoms with van der Waals surface area (Å²) in [5.74, 6) is 0.491. The zero-order valence-electron chi connectivity index (χ0n) is 26.5. The number of aromatic nitrogens is 3. The smallest absolute Gasteiger partial charge is 0.274 e. The van der Waals surface area contributed by atoms with Crippen molar-refractivity contribution in [3.63, 3.8) is 0 Å². The monoisotopic (exact) mass is 659 g/mol. The summed E-state index contributed by atoms with van der Waals surface area (Å²) in [6.07, 6.45) is 3.06. The predicted molar refractivity (Wildman–Crippen MR) is 180 cm³/mol. The molecule has 0 aliphatic carbocycles. The molecule has 1 aliphatic rings. The molecule has 1 saturated heterocycles. The lowest BCUT2D eigenvalue weighted by Gasteiger charge is -2.16. The summed E-state index contributed by atoms with van der Waals surface area (Å²) < 4.78 is 11.0. The number of hydrogen-bond acceptors (Lipinski definition) is 10.